The predicted molar refractivity (Wildman–Crippen MR) is 102 cm³/mol. The number of amides is 2. The van der Waals surface area contributed by atoms with Gasteiger partial charge in [0.2, 0.25) is 5.91 Å². The van der Waals surface area contributed by atoms with Crippen molar-refractivity contribution in [2.45, 2.75) is 44.2 Å². The zero-order valence-corrected chi connectivity index (χ0v) is 16.3. The number of hydrogen-bond donors (Lipinski definition) is 2. The molecule has 1 aromatic carbocycles. The van der Waals surface area contributed by atoms with Crippen LogP contribution in [0.5, 0.6) is 0 Å². The lowest BCUT2D eigenvalue weighted by molar-refractivity contribution is -0.131. The highest BCUT2D eigenvalue weighted by Gasteiger charge is 2.39. The van der Waals surface area contributed by atoms with Crippen molar-refractivity contribution in [3.63, 3.8) is 0 Å². The van der Waals surface area contributed by atoms with Crippen molar-refractivity contribution in [2.75, 3.05) is 13.7 Å². The van der Waals surface area contributed by atoms with Crippen LogP contribution in [0.1, 0.15) is 42.5 Å². The van der Waals surface area contributed by atoms with Crippen molar-refractivity contribution in [3.05, 3.63) is 33.8 Å². The average molecular weight is 399 g/mol. The summed E-state index contributed by atoms with van der Waals surface area (Å²) in [5.41, 5.74) is 0.391. The van der Waals surface area contributed by atoms with Gasteiger partial charge in [-0.2, -0.15) is 0 Å². The number of carbonyl (C=O) groups excluding carboxylic acids is 2. The fourth-order valence-corrected chi connectivity index (χ4v) is 4.51. The Balaban J connectivity index is 1.49. The number of methoxy groups -OCH3 is 1. The quantitative estimate of drug-likeness (QED) is 0.797. The van der Waals surface area contributed by atoms with Gasteiger partial charge in [0.05, 0.1) is 16.7 Å². The van der Waals surface area contributed by atoms with Crippen molar-refractivity contribution >= 4 is 35.0 Å². The second kappa shape index (κ2) is 8.59. The number of benzene rings is 1. The summed E-state index contributed by atoms with van der Waals surface area (Å²) in [7, 11) is 1.73. The number of piperidine rings is 1. The number of ether oxygens (including phenoxy) is 1. The fraction of sp³-hybridized carbons (Fsp3) is 0.579. The summed E-state index contributed by atoms with van der Waals surface area (Å²) in [4.78, 5) is 24.6. The Morgan fingerprint density at radius 3 is 2.85 bits per heavy atom. The third-order valence-corrected chi connectivity index (χ3v) is 6.07. The molecule has 0 radical (unpaired) electrons. The second-order valence-corrected chi connectivity index (χ2v) is 7.99. The normalized spacial score (nSPS) is 28.2. The number of fused-ring (bicyclic) bond motifs is 1. The van der Waals surface area contributed by atoms with E-state index < -0.39 is 0 Å². The molecule has 4 unspecified atom stereocenters. The van der Waals surface area contributed by atoms with Crippen LogP contribution in [0, 0.1) is 11.8 Å². The van der Waals surface area contributed by atoms with Crippen LogP contribution in [0.2, 0.25) is 10.0 Å². The molecule has 2 fully saturated rings. The van der Waals surface area contributed by atoms with Gasteiger partial charge in [-0.25, -0.2) is 0 Å². The maximum atomic E-state index is 12.4. The van der Waals surface area contributed by atoms with Gasteiger partial charge >= 0.3 is 0 Å². The first-order chi connectivity index (χ1) is 12.5. The molecular weight excluding hydrogens is 375 g/mol. The topological polar surface area (TPSA) is 67.4 Å². The Bertz CT molecular complexity index is 683. The maximum Gasteiger partial charge on any atom is 0.252 e. The van der Waals surface area contributed by atoms with Gasteiger partial charge in [-0.1, -0.05) is 23.2 Å². The summed E-state index contributed by atoms with van der Waals surface area (Å²) < 4.78 is 5.43. The van der Waals surface area contributed by atoms with Crippen LogP contribution in [0.4, 0.5) is 0 Å². The van der Waals surface area contributed by atoms with E-state index in [0.717, 1.165) is 25.7 Å². The molecule has 26 heavy (non-hydrogen) atoms. The maximum absolute atomic E-state index is 12.4. The Kier molecular flexibility index (Phi) is 6.43. The van der Waals surface area contributed by atoms with Crippen molar-refractivity contribution < 1.29 is 14.3 Å². The lowest BCUT2D eigenvalue weighted by atomic mass is 9.74. The van der Waals surface area contributed by atoms with E-state index in [1.54, 1.807) is 25.3 Å². The third-order valence-electron chi connectivity index (χ3n) is 5.52. The molecule has 2 aliphatic rings. The molecule has 0 bridgehead atoms. The number of nitrogens with one attached hydrogen (secondary N) is 2. The van der Waals surface area contributed by atoms with E-state index in [1.807, 2.05) is 0 Å². The lowest BCUT2D eigenvalue weighted by Gasteiger charge is -2.41. The van der Waals surface area contributed by atoms with Gasteiger partial charge in [0, 0.05) is 30.6 Å². The molecular formula is C19H24Cl2N2O3. The largest absolute Gasteiger partial charge is 0.381 e. The highest BCUT2D eigenvalue weighted by atomic mass is 35.5. The number of rotatable bonds is 5. The summed E-state index contributed by atoms with van der Waals surface area (Å²) in [5, 5.41) is 6.81. The summed E-state index contributed by atoms with van der Waals surface area (Å²) in [6, 6.07) is 5.00. The molecule has 2 amide bonds. The van der Waals surface area contributed by atoms with Gasteiger partial charge in [0.15, 0.2) is 0 Å². The lowest BCUT2D eigenvalue weighted by Crippen LogP contribution is -2.53. The standard InChI is InChI=1S/C19H24Cl2N2O3/c1-26-14-4-2-11-8-12(18(24)23-17(11)10-14)6-7-22-19(25)15-5-3-13(20)9-16(15)21/h3,5,9,11-12,14,17H,2,4,6-8,10H2,1H3,(H,22,25)(H,23,24). The third kappa shape index (κ3) is 4.51. The van der Waals surface area contributed by atoms with E-state index >= 15 is 0 Å². The molecule has 4 atom stereocenters. The van der Waals surface area contributed by atoms with Gasteiger partial charge in [-0.3, -0.25) is 9.59 Å². The summed E-state index contributed by atoms with van der Waals surface area (Å²) in [6.07, 6.45) is 4.77. The molecule has 142 valence electrons. The van der Waals surface area contributed by atoms with E-state index in [4.69, 9.17) is 27.9 Å². The average Bonchev–Trinajstić information content (AvgIpc) is 2.61. The summed E-state index contributed by atoms with van der Waals surface area (Å²) >= 11 is 11.9. The van der Waals surface area contributed by atoms with E-state index in [9.17, 15) is 9.59 Å². The number of hydrogen-bond acceptors (Lipinski definition) is 3. The smallest absolute Gasteiger partial charge is 0.252 e. The molecule has 5 nitrogen and oxygen atoms in total. The van der Waals surface area contributed by atoms with Gasteiger partial charge in [0.1, 0.15) is 0 Å². The molecule has 1 aliphatic carbocycles. The van der Waals surface area contributed by atoms with Crippen molar-refractivity contribution in [2.24, 2.45) is 11.8 Å². The SMILES string of the molecule is COC1CCC2CC(CCNC(=O)c3ccc(Cl)cc3Cl)C(=O)NC2C1. The van der Waals surface area contributed by atoms with Crippen LogP contribution in [-0.4, -0.2) is 37.6 Å². The first-order valence-corrected chi connectivity index (χ1v) is 9.80. The van der Waals surface area contributed by atoms with Crippen LogP contribution in [-0.2, 0) is 9.53 Å². The van der Waals surface area contributed by atoms with Gasteiger partial charge < -0.3 is 15.4 Å². The number of halogens is 2. The van der Waals surface area contributed by atoms with Crippen molar-refractivity contribution in [1.82, 2.24) is 10.6 Å². The molecule has 2 N–H and O–H groups in total. The highest BCUT2D eigenvalue weighted by molar-refractivity contribution is 6.36. The van der Waals surface area contributed by atoms with Crippen LogP contribution < -0.4 is 10.6 Å². The second-order valence-electron chi connectivity index (χ2n) is 7.15. The first-order valence-electron chi connectivity index (χ1n) is 9.04. The Labute approximate surface area is 163 Å². The predicted octanol–water partition coefficient (Wildman–Crippen LogP) is 3.43. The van der Waals surface area contributed by atoms with Crippen LogP contribution in [0.15, 0.2) is 18.2 Å². The minimum atomic E-state index is -0.249. The molecule has 0 spiro atoms. The molecule has 7 heteroatoms. The molecule has 1 aromatic rings. The van der Waals surface area contributed by atoms with Gasteiger partial charge in [-0.15, -0.1) is 0 Å². The molecule has 0 aromatic heterocycles. The van der Waals surface area contributed by atoms with Crippen molar-refractivity contribution in [3.8, 4) is 0 Å². The highest BCUT2D eigenvalue weighted by Crippen LogP contribution is 2.35. The van der Waals surface area contributed by atoms with Crippen molar-refractivity contribution in [1.29, 1.82) is 0 Å². The zero-order valence-electron chi connectivity index (χ0n) is 14.8. The van der Waals surface area contributed by atoms with E-state index in [2.05, 4.69) is 10.6 Å². The fourth-order valence-electron chi connectivity index (χ4n) is 4.02. The molecule has 1 aliphatic heterocycles. The molecule has 1 saturated carbocycles. The van der Waals surface area contributed by atoms with E-state index in [1.165, 1.54) is 0 Å². The Morgan fingerprint density at radius 2 is 2.12 bits per heavy atom. The Hall–Kier alpha value is -1.30. The van der Waals surface area contributed by atoms with Gasteiger partial charge in [-0.05, 0) is 56.2 Å². The molecule has 1 heterocycles. The summed E-state index contributed by atoms with van der Waals surface area (Å²) in [5.74, 6) is 0.282. The minimum Gasteiger partial charge on any atom is -0.381 e. The molecule has 3 rings (SSSR count). The first kappa shape index (κ1) is 19.5. The van der Waals surface area contributed by atoms with E-state index in [0.29, 0.717) is 34.5 Å². The number of carbonyl (C=O) groups is 2. The molecule has 1 saturated heterocycles. The van der Waals surface area contributed by atoms with Crippen LogP contribution in [0.25, 0.3) is 0 Å². The zero-order chi connectivity index (χ0) is 18.7. The van der Waals surface area contributed by atoms with E-state index in [-0.39, 0.29) is 29.9 Å². The van der Waals surface area contributed by atoms with Crippen LogP contribution in [0.3, 0.4) is 0 Å². The Morgan fingerprint density at radius 1 is 1.31 bits per heavy atom. The monoisotopic (exact) mass is 398 g/mol. The van der Waals surface area contributed by atoms with Crippen LogP contribution >= 0.6 is 23.2 Å². The summed E-state index contributed by atoms with van der Waals surface area (Å²) in [6.45, 7) is 0.438. The minimum absolute atomic E-state index is 0.0589. The van der Waals surface area contributed by atoms with Gasteiger partial charge in [0.25, 0.3) is 5.91 Å².